The molecule has 0 aromatic rings. The number of nitrogens with zero attached hydrogens (tertiary/aromatic N) is 1. The van der Waals surface area contributed by atoms with Gasteiger partial charge in [0.15, 0.2) is 0 Å². The van der Waals surface area contributed by atoms with E-state index in [0.717, 1.165) is 51.1 Å². The van der Waals surface area contributed by atoms with Crippen LogP contribution in [0.3, 0.4) is 0 Å². The minimum Gasteiger partial charge on any atom is -0.313 e. The summed E-state index contributed by atoms with van der Waals surface area (Å²) in [6, 6.07) is 0. The molecule has 0 radical (unpaired) electrons. The van der Waals surface area contributed by atoms with Crippen LogP contribution in [-0.2, 0) is 10.0 Å². The predicted molar refractivity (Wildman–Crippen MR) is 68.8 cm³/mol. The van der Waals surface area contributed by atoms with Crippen LogP contribution in [-0.4, -0.2) is 44.7 Å². The number of sulfonamides is 1. The highest BCUT2D eigenvalue weighted by Crippen LogP contribution is 2.34. The third-order valence-corrected chi connectivity index (χ3v) is 6.03. The van der Waals surface area contributed by atoms with E-state index >= 15 is 0 Å². The Balaban J connectivity index is 2.34. The molecule has 0 unspecified atom stereocenters. The molecule has 0 aliphatic carbocycles. The fraction of sp³-hybridized carbons (Fsp3) is 0.833. The van der Waals surface area contributed by atoms with Crippen LogP contribution < -0.4 is 5.32 Å². The summed E-state index contributed by atoms with van der Waals surface area (Å²) in [5.74, 6) is 0.658. The van der Waals surface area contributed by atoms with E-state index in [1.165, 1.54) is 6.26 Å². The molecule has 1 N–H and O–H groups in total. The zero-order chi connectivity index (χ0) is 12.5. The molecule has 0 spiro atoms. The number of hydrogen-bond donors (Lipinski definition) is 1. The van der Waals surface area contributed by atoms with Gasteiger partial charge in [0.25, 0.3) is 10.0 Å². The molecule has 2 aliphatic heterocycles. The van der Waals surface area contributed by atoms with E-state index in [9.17, 15) is 8.42 Å². The van der Waals surface area contributed by atoms with Gasteiger partial charge in [-0.15, -0.1) is 0 Å². The van der Waals surface area contributed by atoms with Crippen LogP contribution in [0.2, 0.25) is 0 Å². The van der Waals surface area contributed by atoms with Gasteiger partial charge in [-0.2, -0.15) is 12.3 Å². The molecule has 5 heteroatoms. The molecule has 98 valence electrons. The summed E-state index contributed by atoms with van der Waals surface area (Å²) in [5.41, 5.74) is 1.11. The maximum atomic E-state index is 12.2. The first-order chi connectivity index (χ1) is 7.96. The Morgan fingerprint density at radius 1 is 1.35 bits per heavy atom. The Kier molecular flexibility index (Phi) is 3.61. The number of likely N-dealkylation sites (tertiary alicyclic amines) is 1. The highest BCUT2D eigenvalue weighted by molar-refractivity contribution is 7.85. The smallest absolute Gasteiger partial charge is 0.298 e. The van der Waals surface area contributed by atoms with E-state index in [2.05, 4.69) is 18.3 Å². The highest BCUT2D eigenvalue weighted by Gasteiger charge is 2.45. The van der Waals surface area contributed by atoms with E-state index < -0.39 is 10.0 Å². The number of nitrogens with one attached hydrogen (secondary N) is 1. The molecule has 0 aromatic carbocycles. The summed E-state index contributed by atoms with van der Waals surface area (Å²) in [5, 5.41) is 3.25. The summed E-state index contributed by atoms with van der Waals surface area (Å²) in [6.07, 6.45) is 6.36. The molecule has 2 heterocycles. The summed E-state index contributed by atoms with van der Waals surface area (Å²) in [4.78, 5) is 0. The van der Waals surface area contributed by atoms with Gasteiger partial charge in [-0.05, 0) is 12.0 Å². The largest absolute Gasteiger partial charge is 0.313 e. The molecule has 4 nitrogen and oxygen atoms in total. The van der Waals surface area contributed by atoms with E-state index in [1.54, 1.807) is 0 Å². The molecule has 0 bridgehead atoms. The van der Waals surface area contributed by atoms with E-state index in [4.69, 9.17) is 0 Å². The lowest BCUT2D eigenvalue weighted by atomic mass is 9.98. The standard InChI is InChI=1S/C12H23N2O2S/c1-11-5-9-14(10-6-11,17(2,15)16)12-3-7-13-8-4-12/h3,11,13H,4-10H2,1-2H3/q+1. The lowest BCUT2D eigenvalue weighted by Gasteiger charge is -2.42. The molecule has 0 atom stereocenters. The van der Waals surface area contributed by atoms with Gasteiger partial charge >= 0.3 is 0 Å². The second-order valence-corrected chi connectivity index (χ2v) is 7.57. The van der Waals surface area contributed by atoms with Crippen molar-refractivity contribution in [3.63, 3.8) is 0 Å². The van der Waals surface area contributed by atoms with Crippen LogP contribution in [0.1, 0.15) is 26.2 Å². The topological polar surface area (TPSA) is 46.2 Å². The van der Waals surface area contributed by atoms with Gasteiger partial charge in [0.05, 0.1) is 19.3 Å². The molecule has 2 rings (SSSR count). The Morgan fingerprint density at radius 3 is 2.47 bits per heavy atom. The van der Waals surface area contributed by atoms with E-state index in [-0.39, 0.29) is 3.89 Å². The molecule has 0 aromatic heterocycles. The quantitative estimate of drug-likeness (QED) is 0.755. The Morgan fingerprint density at radius 2 is 2.00 bits per heavy atom. The molecule has 1 fully saturated rings. The Labute approximate surface area is 104 Å². The summed E-state index contributed by atoms with van der Waals surface area (Å²) < 4.78 is 24.7. The minimum atomic E-state index is -3.07. The van der Waals surface area contributed by atoms with E-state index in [0.29, 0.717) is 5.92 Å². The zero-order valence-electron chi connectivity index (χ0n) is 10.8. The first-order valence-electron chi connectivity index (χ1n) is 6.43. The van der Waals surface area contributed by atoms with Gasteiger partial charge in [-0.1, -0.05) is 6.92 Å². The van der Waals surface area contributed by atoms with Crippen molar-refractivity contribution < 1.29 is 12.3 Å². The lowest BCUT2D eigenvalue weighted by molar-refractivity contribution is -0.775. The lowest BCUT2D eigenvalue weighted by Crippen LogP contribution is -2.56. The van der Waals surface area contributed by atoms with Crippen LogP contribution >= 0.6 is 0 Å². The van der Waals surface area contributed by atoms with Crippen molar-refractivity contribution in [3.05, 3.63) is 11.8 Å². The van der Waals surface area contributed by atoms with Crippen LogP contribution in [0.5, 0.6) is 0 Å². The van der Waals surface area contributed by atoms with Gasteiger partial charge in [-0.3, -0.25) is 0 Å². The van der Waals surface area contributed by atoms with Crippen molar-refractivity contribution in [1.82, 2.24) is 5.32 Å². The van der Waals surface area contributed by atoms with Gasteiger partial charge < -0.3 is 5.32 Å². The fourth-order valence-electron chi connectivity index (χ4n) is 2.93. The number of piperidine rings is 1. The molecule has 2 aliphatic rings. The molecule has 17 heavy (non-hydrogen) atoms. The van der Waals surface area contributed by atoms with Crippen molar-refractivity contribution in [1.29, 1.82) is 0 Å². The summed E-state index contributed by atoms with van der Waals surface area (Å²) in [6.45, 7) is 5.43. The molecule has 0 saturated carbocycles. The first kappa shape index (κ1) is 13.1. The Hall–Kier alpha value is -0.390. The van der Waals surface area contributed by atoms with E-state index in [1.807, 2.05) is 0 Å². The monoisotopic (exact) mass is 259 g/mol. The normalized spacial score (nSPS) is 35.4. The van der Waals surface area contributed by atoms with Gasteiger partial charge in [0, 0.05) is 32.4 Å². The third-order valence-electron chi connectivity index (χ3n) is 4.16. The number of quaternary nitrogens is 1. The number of rotatable bonds is 2. The zero-order valence-corrected chi connectivity index (χ0v) is 11.6. The second-order valence-electron chi connectivity index (χ2n) is 5.40. The maximum Gasteiger partial charge on any atom is 0.298 e. The highest BCUT2D eigenvalue weighted by atomic mass is 32.2. The van der Waals surface area contributed by atoms with Gasteiger partial charge in [0.2, 0.25) is 0 Å². The number of hydrogen-bond acceptors (Lipinski definition) is 3. The molecular weight excluding hydrogens is 236 g/mol. The third kappa shape index (κ3) is 2.41. The van der Waals surface area contributed by atoms with Crippen molar-refractivity contribution in [3.8, 4) is 0 Å². The van der Waals surface area contributed by atoms with Gasteiger partial charge in [-0.25, -0.2) is 0 Å². The predicted octanol–water partition coefficient (Wildman–Crippen LogP) is 1.07. The van der Waals surface area contributed by atoms with Crippen molar-refractivity contribution in [2.75, 3.05) is 32.4 Å². The van der Waals surface area contributed by atoms with Crippen LogP contribution in [0.25, 0.3) is 0 Å². The van der Waals surface area contributed by atoms with Crippen molar-refractivity contribution in [2.45, 2.75) is 26.2 Å². The van der Waals surface area contributed by atoms with Crippen molar-refractivity contribution >= 4 is 10.0 Å². The minimum absolute atomic E-state index is 0.221. The molecule has 1 saturated heterocycles. The van der Waals surface area contributed by atoms with Gasteiger partial charge in [0.1, 0.15) is 5.70 Å². The maximum absolute atomic E-state index is 12.2. The average molecular weight is 259 g/mol. The summed E-state index contributed by atoms with van der Waals surface area (Å²) >= 11 is 0. The van der Waals surface area contributed by atoms with Crippen LogP contribution in [0, 0.1) is 5.92 Å². The van der Waals surface area contributed by atoms with Crippen LogP contribution in [0.4, 0.5) is 0 Å². The molecule has 0 amide bonds. The van der Waals surface area contributed by atoms with Crippen LogP contribution in [0.15, 0.2) is 11.8 Å². The van der Waals surface area contributed by atoms with Crippen molar-refractivity contribution in [2.24, 2.45) is 5.92 Å². The average Bonchev–Trinajstić information content (AvgIpc) is 2.30. The Bertz CT molecular complexity index is 406. The SMILES string of the molecule is CC1CC[N+](C2=CCNCC2)(S(C)(=O)=O)CC1. The molecular formula is C12H23N2O2S+. The first-order valence-corrected chi connectivity index (χ1v) is 8.28. The second kappa shape index (κ2) is 4.71. The fourth-order valence-corrected chi connectivity index (χ4v) is 4.39. The summed E-state index contributed by atoms with van der Waals surface area (Å²) in [7, 11) is -3.07.